The molecule has 1 aliphatic carbocycles. The Balaban J connectivity index is 1.62. The first kappa shape index (κ1) is 12.2. The summed E-state index contributed by atoms with van der Waals surface area (Å²) in [5, 5.41) is 11.9. The van der Waals surface area contributed by atoms with E-state index in [4.69, 9.17) is 5.11 Å². The van der Waals surface area contributed by atoms with Crippen molar-refractivity contribution in [3.05, 3.63) is 34.9 Å². The largest absolute Gasteiger partial charge is 0.478 e. The molecule has 1 aliphatic heterocycles. The maximum atomic E-state index is 11.7. The van der Waals surface area contributed by atoms with Crippen molar-refractivity contribution in [2.75, 3.05) is 6.54 Å². The molecule has 1 fully saturated rings. The topological polar surface area (TPSA) is 69.6 Å². The number of hydrogen-bond donors (Lipinski definition) is 2. The van der Waals surface area contributed by atoms with Gasteiger partial charge in [-0.3, -0.25) is 9.69 Å². The predicted octanol–water partition coefficient (Wildman–Crippen LogP) is 0.979. The number of carboxylic acids is 1. The van der Waals surface area contributed by atoms with E-state index in [1.54, 1.807) is 12.1 Å². The lowest BCUT2D eigenvalue weighted by Gasteiger charge is -2.13. The Morgan fingerprint density at radius 2 is 2.00 bits per heavy atom. The second-order valence-electron chi connectivity index (χ2n) is 5.28. The maximum Gasteiger partial charge on any atom is 0.335 e. The molecule has 0 bridgehead atoms. The van der Waals surface area contributed by atoms with E-state index < -0.39 is 5.97 Å². The zero-order valence-corrected chi connectivity index (χ0v) is 10.6. The molecule has 1 saturated carbocycles. The molecule has 0 saturated heterocycles. The van der Waals surface area contributed by atoms with Crippen molar-refractivity contribution in [1.29, 1.82) is 0 Å². The van der Waals surface area contributed by atoms with Crippen LogP contribution in [-0.2, 0) is 17.9 Å². The van der Waals surface area contributed by atoms with Gasteiger partial charge in [0.1, 0.15) is 0 Å². The molecular formula is C14H16N2O3. The minimum atomic E-state index is -0.910. The summed E-state index contributed by atoms with van der Waals surface area (Å²) in [5.74, 6) is -0.846. The van der Waals surface area contributed by atoms with Gasteiger partial charge in [0.05, 0.1) is 12.1 Å². The van der Waals surface area contributed by atoms with E-state index in [-0.39, 0.29) is 5.91 Å². The van der Waals surface area contributed by atoms with Gasteiger partial charge in [-0.05, 0) is 36.1 Å². The summed E-state index contributed by atoms with van der Waals surface area (Å²) in [7, 11) is 0. The summed E-state index contributed by atoms with van der Waals surface area (Å²) in [5.41, 5.74) is 2.44. The fourth-order valence-corrected chi connectivity index (χ4v) is 2.41. The van der Waals surface area contributed by atoms with E-state index in [0.29, 0.717) is 31.2 Å². The van der Waals surface area contributed by atoms with Crippen molar-refractivity contribution in [3.8, 4) is 0 Å². The van der Waals surface area contributed by atoms with E-state index in [9.17, 15) is 9.59 Å². The first-order valence-electron chi connectivity index (χ1n) is 6.48. The van der Waals surface area contributed by atoms with Gasteiger partial charge in [0.15, 0.2) is 0 Å². The molecule has 0 spiro atoms. The molecule has 19 heavy (non-hydrogen) atoms. The van der Waals surface area contributed by atoms with Crippen LogP contribution in [0.25, 0.3) is 0 Å². The zero-order valence-electron chi connectivity index (χ0n) is 10.6. The van der Waals surface area contributed by atoms with Crippen molar-refractivity contribution >= 4 is 11.9 Å². The molecule has 0 aromatic heterocycles. The maximum absolute atomic E-state index is 11.7. The molecule has 1 heterocycles. The monoisotopic (exact) mass is 260 g/mol. The molecule has 0 atom stereocenters. The van der Waals surface area contributed by atoms with Crippen LogP contribution in [0.2, 0.25) is 0 Å². The van der Waals surface area contributed by atoms with Crippen LogP contribution < -0.4 is 5.32 Å². The van der Waals surface area contributed by atoms with Crippen molar-refractivity contribution in [2.24, 2.45) is 0 Å². The Bertz CT molecular complexity index is 537. The van der Waals surface area contributed by atoms with Crippen LogP contribution in [0.3, 0.4) is 0 Å². The molecular weight excluding hydrogens is 244 g/mol. The highest BCUT2D eigenvalue weighted by molar-refractivity contribution is 5.88. The number of nitrogens with zero attached hydrogens (tertiary/aromatic N) is 1. The van der Waals surface area contributed by atoms with E-state index in [1.807, 2.05) is 11.0 Å². The molecule has 5 nitrogen and oxygen atoms in total. The first-order chi connectivity index (χ1) is 9.11. The van der Waals surface area contributed by atoms with Crippen LogP contribution in [0.15, 0.2) is 18.2 Å². The summed E-state index contributed by atoms with van der Waals surface area (Å²) in [6.07, 6.45) is 2.18. The van der Waals surface area contributed by atoms with Gasteiger partial charge in [-0.1, -0.05) is 6.07 Å². The number of rotatable bonds is 4. The van der Waals surface area contributed by atoms with Crippen molar-refractivity contribution in [2.45, 2.75) is 32.0 Å². The second-order valence-corrected chi connectivity index (χ2v) is 5.28. The molecule has 1 amide bonds. The lowest BCUT2D eigenvalue weighted by atomic mass is 10.1. The normalized spacial score (nSPS) is 18.1. The number of benzene rings is 1. The Hall–Kier alpha value is -1.88. The molecule has 2 N–H and O–H groups in total. The first-order valence-corrected chi connectivity index (χ1v) is 6.48. The summed E-state index contributed by atoms with van der Waals surface area (Å²) in [6, 6.07) is 5.55. The summed E-state index contributed by atoms with van der Waals surface area (Å²) in [6.45, 7) is 1.75. The minimum Gasteiger partial charge on any atom is -0.478 e. The minimum absolute atomic E-state index is 0.0637. The fraction of sp³-hybridized carbons (Fsp3) is 0.429. The van der Waals surface area contributed by atoms with E-state index in [2.05, 4.69) is 5.32 Å². The van der Waals surface area contributed by atoms with Crippen LogP contribution in [0, 0.1) is 0 Å². The van der Waals surface area contributed by atoms with E-state index in [1.165, 1.54) is 0 Å². The van der Waals surface area contributed by atoms with Gasteiger partial charge in [0.2, 0.25) is 5.91 Å². The number of carbonyl (C=O) groups excluding carboxylic acids is 1. The number of nitrogens with one attached hydrogen (secondary N) is 1. The van der Waals surface area contributed by atoms with Gasteiger partial charge in [-0.15, -0.1) is 0 Å². The smallest absolute Gasteiger partial charge is 0.335 e. The Labute approximate surface area is 111 Å². The lowest BCUT2D eigenvalue weighted by molar-refractivity contribution is -0.122. The van der Waals surface area contributed by atoms with Crippen LogP contribution in [-0.4, -0.2) is 34.5 Å². The quantitative estimate of drug-likeness (QED) is 0.846. The number of amides is 1. The van der Waals surface area contributed by atoms with Crippen LogP contribution in [0.1, 0.15) is 34.3 Å². The third kappa shape index (κ3) is 2.76. The van der Waals surface area contributed by atoms with Crippen molar-refractivity contribution in [1.82, 2.24) is 10.2 Å². The standard InChI is InChI=1S/C14H16N2O3/c17-13(15-12-3-4-12)8-16-6-10-2-1-9(14(18)19)5-11(10)7-16/h1-2,5,12H,3-4,6-8H2,(H,15,17)(H,18,19). The predicted molar refractivity (Wildman–Crippen MR) is 68.7 cm³/mol. The average molecular weight is 260 g/mol. The molecule has 3 rings (SSSR count). The van der Waals surface area contributed by atoms with E-state index in [0.717, 1.165) is 24.0 Å². The van der Waals surface area contributed by atoms with Gasteiger partial charge in [0.25, 0.3) is 0 Å². The molecule has 1 aromatic rings. The fourth-order valence-electron chi connectivity index (χ4n) is 2.41. The number of hydrogen-bond acceptors (Lipinski definition) is 3. The van der Waals surface area contributed by atoms with Crippen LogP contribution >= 0.6 is 0 Å². The summed E-state index contributed by atoms with van der Waals surface area (Å²) in [4.78, 5) is 24.7. The highest BCUT2D eigenvalue weighted by Crippen LogP contribution is 2.24. The number of fused-ring (bicyclic) bond motifs is 1. The van der Waals surface area contributed by atoms with Gasteiger partial charge in [0, 0.05) is 19.1 Å². The highest BCUT2D eigenvalue weighted by atomic mass is 16.4. The van der Waals surface area contributed by atoms with Gasteiger partial charge < -0.3 is 10.4 Å². The SMILES string of the molecule is O=C(CN1Cc2ccc(C(=O)O)cc2C1)NC1CC1. The van der Waals surface area contributed by atoms with Crippen molar-refractivity contribution < 1.29 is 14.7 Å². The van der Waals surface area contributed by atoms with Crippen LogP contribution in [0.4, 0.5) is 0 Å². The zero-order chi connectivity index (χ0) is 13.4. The number of aromatic carboxylic acids is 1. The van der Waals surface area contributed by atoms with Gasteiger partial charge >= 0.3 is 5.97 Å². The Morgan fingerprint density at radius 1 is 1.26 bits per heavy atom. The molecule has 0 unspecified atom stereocenters. The Kier molecular flexibility index (Phi) is 2.98. The van der Waals surface area contributed by atoms with E-state index >= 15 is 0 Å². The second kappa shape index (κ2) is 4.66. The molecule has 2 aliphatic rings. The van der Waals surface area contributed by atoms with Gasteiger partial charge in [-0.25, -0.2) is 4.79 Å². The Morgan fingerprint density at radius 3 is 2.68 bits per heavy atom. The van der Waals surface area contributed by atoms with Crippen molar-refractivity contribution in [3.63, 3.8) is 0 Å². The summed E-state index contributed by atoms with van der Waals surface area (Å²) >= 11 is 0. The number of carboxylic acid groups (broad SMARTS) is 1. The van der Waals surface area contributed by atoms with Gasteiger partial charge in [-0.2, -0.15) is 0 Å². The molecule has 100 valence electrons. The molecule has 0 radical (unpaired) electrons. The average Bonchev–Trinajstić information content (AvgIpc) is 3.06. The highest BCUT2D eigenvalue weighted by Gasteiger charge is 2.26. The lowest BCUT2D eigenvalue weighted by Crippen LogP contribution is -2.35. The molecule has 5 heteroatoms. The van der Waals surface area contributed by atoms with Crippen LogP contribution in [0.5, 0.6) is 0 Å². The third-order valence-corrected chi connectivity index (χ3v) is 3.55. The third-order valence-electron chi connectivity index (χ3n) is 3.55. The molecule has 1 aromatic carbocycles. The summed E-state index contributed by atoms with van der Waals surface area (Å²) < 4.78 is 0. The number of carbonyl (C=O) groups is 2.